The van der Waals surface area contributed by atoms with Gasteiger partial charge in [-0.05, 0) is 29.7 Å². The highest BCUT2D eigenvalue weighted by Gasteiger charge is 2.33. The van der Waals surface area contributed by atoms with Crippen molar-refractivity contribution in [3.8, 4) is 0 Å². The summed E-state index contributed by atoms with van der Waals surface area (Å²) in [5.41, 5.74) is 0.606. The monoisotopic (exact) mass is 381 g/mol. The molecule has 0 spiro atoms. The Labute approximate surface area is 152 Å². The number of benzene rings is 1. The van der Waals surface area contributed by atoms with Crippen LogP contribution in [0.3, 0.4) is 0 Å². The van der Waals surface area contributed by atoms with E-state index >= 15 is 0 Å². The quantitative estimate of drug-likeness (QED) is 0.703. The van der Waals surface area contributed by atoms with E-state index in [1.54, 1.807) is 55.8 Å². The van der Waals surface area contributed by atoms with Crippen molar-refractivity contribution in [2.45, 2.75) is 33.4 Å². The van der Waals surface area contributed by atoms with Crippen molar-refractivity contribution in [3.05, 3.63) is 30.5 Å². The molecule has 2 rings (SSSR count). The minimum absolute atomic E-state index is 0.153. The lowest BCUT2D eigenvalue weighted by atomic mass is 9.87. The molecule has 0 bridgehead atoms. The van der Waals surface area contributed by atoms with Crippen LogP contribution >= 0.6 is 0 Å². The lowest BCUT2D eigenvalue weighted by molar-refractivity contribution is -0.137. The predicted molar refractivity (Wildman–Crippen MR) is 99.4 cm³/mol. The van der Waals surface area contributed by atoms with Gasteiger partial charge in [0.1, 0.15) is 12.6 Å². The summed E-state index contributed by atoms with van der Waals surface area (Å²) < 4.78 is 27.1. The molecule has 1 atom stereocenters. The molecule has 9 heteroatoms. The number of aliphatic carboxylic acids is 1. The number of carbonyl (C=O) groups excluding carboxylic acids is 1. The van der Waals surface area contributed by atoms with Gasteiger partial charge in [-0.1, -0.05) is 20.8 Å². The Morgan fingerprint density at radius 1 is 1.23 bits per heavy atom. The summed E-state index contributed by atoms with van der Waals surface area (Å²) in [7, 11) is -3.56. The van der Waals surface area contributed by atoms with Gasteiger partial charge in [0.05, 0.1) is 6.26 Å². The second-order valence-electron chi connectivity index (χ2n) is 7.29. The molecule has 1 aromatic heterocycles. The van der Waals surface area contributed by atoms with Gasteiger partial charge in [0.25, 0.3) is 0 Å². The second-order valence-corrected chi connectivity index (χ2v) is 9.07. The van der Waals surface area contributed by atoms with Crippen molar-refractivity contribution in [1.29, 1.82) is 0 Å². The number of carboxylic acids is 1. The fourth-order valence-electron chi connectivity index (χ4n) is 2.61. The van der Waals surface area contributed by atoms with Gasteiger partial charge in [-0.2, -0.15) is 0 Å². The molecule has 1 unspecified atom stereocenters. The molecule has 1 aromatic carbocycles. The van der Waals surface area contributed by atoms with Gasteiger partial charge in [0, 0.05) is 22.8 Å². The summed E-state index contributed by atoms with van der Waals surface area (Å²) in [6, 6.07) is 5.89. The van der Waals surface area contributed by atoms with E-state index in [-0.39, 0.29) is 6.54 Å². The third-order valence-corrected chi connectivity index (χ3v) is 4.47. The van der Waals surface area contributed by atoms with Gasteiger partial charge < -0.3 is 15.0 Å². The molecule has 3 N–H and O–H groups in total. The Balaban J connectivity index is 2.25. The van der Waals surface area contributed by atoms with Gasteiger partial charge in [0.15, 0.2) is 0 Å². The van der Waals surface area contributed by atoms with Gasteiger partial charge in [0.2, 0.25) is 15.9 Å². The van der Waals surface area contributed by atoms with Crippen LogP contribution < -0.4 is 10.0 Å². The molecule has 1 heterocycles. The number of nitrogens with one attached hydrogen (secondary N) is 2. The Bertz CT molecular complexity index is 941. The zero-order valence-electron chi connectivity index (χ0n) is 15.1. The van der Waals surface area contributed by atoms with Crippen LogP contribution in [-0.2, 0) is 26.2 Å². The van der Waals surface area contributed by atoms with E-state index in [2.05, 4.69) is 10.0 Å². The highest BCUT2D eigenvalue weighted by Crippen LogP contribution is 2.24. The molecule has 8 nitrogen and oxygen atoms in total. The van der Waals surface area contributed by atoms with Crippen LogP contribution in [0.25, 0.3) is 10.9 Å². The number of hydrogen-bond donors (Lipinski definition) is 3. The zero-order chi connectivity index (χ0) is 19.7. The molecule has 0 radical (unpaired) electrons. The third kappa shape index (κ3) is 5.06. The van der Waals surface area contributed by atoms with E-state index in [1.807, 2.05) is 0 Å². The number of aromatic nitrogens is 1. The third-order valence-electron chi connectivity index (χ3n) is 3.80. The minimum atomic E-state index is -3.56. The van der Waals surface area contributed by atoms with E-state index in [0.717, 1.165) is 17.2 Å². The summed E-state index contributed by atoms with van der Waals surface area (Å²) in [6.07, 6.45) is 2.67. The summed E-state index contributed by atoms with van der Waals surface area (Å²) in [5, 5.41) is 12.4. The van der Waals surface area contributed by atoms with Crippen LogP contribution in [0.2, 0.25) is 0 Å². The van der Waals surface area contributed by atoms with Crippen LogP contribution in [0.5, 0.6) is 0 Å². The molecule has 142 valence electrons. The number of nitrogens with zero attached hydrogens (tertiary/aromatic N) is 1. The first-order valence-electron chi connectivity index (χ1n) is 7.96. The summed E-state index contributed by atoms with van der Waals surface area (Å²) in [6.45, 7) is 5.15. The van der Waals surface area contributed by atoms with Crippen LogP contribution in [-0.4, -0.2) is 42.3 Å². The lowest BCUT2D eigenvalue weighted by Crippen LogP contribution is -2.51. The van der Waals surface area contributed by atoms with Gasteiger partial charge in [-0.25, -0.2) is 13.1 Å². The second kappa shape index (κ2) is 7.08. The van der Waals surface area contributed by atoms with Crippen molar-refractivity contribution in [2.75, 3.05) is 11.6 Å². The average Bonchev–Trinajstić information content (AvgIpc) is 2.84. The molecule has 0 aliphatic heterocycles. The van der Waals surface area contributed by atoms with Crippen LogP contribution in [0.4, 0.5) is 5.69 Å². The fraction of sp³-hybridized carbons (Fsp3) is 0.412. The van der Waals surface area contributed by atoms with Crippen molar-refractivity contribution in [3.63, 3.8) is 0 Å². The number of amides is 1. The smallest absolute Gasteiger partial charge is 0.323 e. The molecule has 0 fully saturated rings. The molecule has 2 aromatic rings. The van der Waals surface area contributed by atoms with Crippen LogP contribution in [0.1, 0.15) is 20.8 Å². The van der Waals surface area contributed by atoms with Gasteiger partial charge in [-0.15, -0.1) is 0 Å². The summed E-state index contributed by atoms with van der Waals surface area (Å²) in [4.78, 5) is 23.5. The number of fused-ring (bicyclic) bond motifs is 1. The largest absolute Gasteiger partial charge is 0.480 e. The maximum Gasteiger partial charge on any atom is 0.323 e. The molecule has 0 aliphatic carbocycles. The summed E-state index contributed by atoms with van der Waals surface area (Å²) in [5.74, 6) is -1.41. The number of hydrogen-bond acceptors (Lipinski definition) is 4. The van der Waals surface area contributed by atoms with Gasteiger partial charge in [-0.3, -0.25) is 9.59 Å². The topological polar surface area (TPSA) is 117 Å². The average molecular weight is 381 g/mol. The predicted octanol–water partition coefficient (Wildman–Crippen LogP) is 1.63. The Kier molecular flexibility index (Phi) is 5.43. The highest BCUT2D eigenvalue weighted by atomic mass is 32.2. The van der Waals surface area contributed by atoms with Gasteiger partial charge >= 0.3 is 5.97 Å². The van der Waals surface area contributed by atoms with Crippen molar-refractivity contribution in [1.82, 2.24) is 9.29 Å². The number of carbonyl (C=O) groups is 2. The number of sulfonamides is 1. The van der Waals surface area contributed by atoms with E-state index in [4.69, 9.17) is 5.11 Å². The van der Waals surface area contributed by atoms with Crippen LogP contribution in [0.15, 0.2) is 30.5 Å². The number of rotatable bonds is 6. The van der Waals surface area contributed by atoms with Crippen molar-refractivity contribution < 1.29 is 23.1 Å². The minimum Gasteiger partial charge on any atom is -0.480 e. The molecule has 0 aliphatic rings. The lowest BCUT2D eigenvalue weighted by Gasteiger charge is -2.29. The molecule has 1 amide bonds. The Morgan fingerprint density at radius 2 is 1.88 bits per heavy atom. The SMILES string of the molecule is CC(C)(C)C(NS(C)(=O)=O)C(=O)Nc1ccc2c(ccn2CC(=O)O)c1. The fourth-order valence-corrected chi connectivity index (χ4v) is 3.50. The van der Waals surface area contributed by atoms with E-state index in [0.29, 0.717) is 5.69 Å². The van der Waals surface area contributed by atoms with Crippen molar-refractivity contribution in [2.24, 2.45) is 5.41 Å². The molecular formula is C17H23N3O5S. The van der Waals surface area contributed by atoms with E-state index in [1.165, 1.54) is 0 Å². The van der Waals surface area contributed by atoms with Crippen LogP contribution in [0, 0.1) is 5.41 Å². The normalized spacial score (nSPS) is 13.5. The maximum atomic E-state index is 12.6. The molecule has 0 saturated heterocycles. The molecule has 26 heavy (non-hydrogen) atoms. The zero-order valence-corrected chi connectivity index (χ0v) is 15.9. The molecule has 0 saturated carbocycles. The number of anilines is 1. The Hall–Kier alpha value is -2.39. The van der Waals surface area contributed by atoms with E-state index < -0.39 is 33.4 Å². The van der Waals surface area contributed by atoms with E-state index in [9.17, 15) is 18.0 Å². The summed E-state index contributed by atoms with van der Waals surface area (Å²) >= 11 is 0. The standard InChI is InChI=1S/C17H23N3O5S/c1-17(2,3)15(19-26(4,24)25)16(23)18-12-5-6-13-11(9-12)7-8-20(13)10-14(21)22/h5-9,15,19H,10H2,1-4H3,(H,18,23)(H,21,22). The van der Waals surface area contributed by atoms with Crippen molar-refractivity contribution >= 4 is 38.5 Å². The number of carboxylic acid groups (broad SMARTS) is 1. The first-order valence-corrected chi connectivity index (χ1v) is 9.85. The first-order chi connectivity index (χ1) is 11.9. The maximum absolute atomic E-state index is 12.6. The Morgan fingerprint density at radius 3 is 2.42 bits per heavy atom. The molecular weight excluding hydrogens is 358 g/mol. The highest BCUT2D eigenvalue weighted by molar-refractivity contribution is 7.88. The first kappa shape index (κ1) is 19.9.